The number of halogens is 1. The molecule has 0 bridgehead atoms. The van der Waals surface area contributed by atoms with E-state index >= 15 is 0 Å². The number of aryl methyl sites for hydroxylation is 1. The van der Waals surface area contributed by atoms with Crippen molar-refractivity contribution in [2.75, 3.05) is 5.32 Å². The van der Waals surface area contributed by atoms with E-state index in [4.69, 9.17) is 16.9 Å². The molecular formula is C15H11ClN2O. The molecule has 0 atom stereocenters. The first-order chi connectivity index (χ1) is 9.11. The van der Waals surface area contributed by atoms with E-state index in [1.54, 1.807) is 36.4 Å². The number of nitrogens with one attached hydrogen (secondary N) is 1. The van der Waals surface area contributed by atoms with Gasteiger partial charge in [0, 0.05) is 0 Å². The third-order valence-electron chi connectivity index (χ3n) is 2.66. The number of amides is 1. The van der Waals surface area contributed by atoms with Gasteiger partial charge in [-0.2, -0.15) is 5.26 Å². The van der Waals surface area contributed by atoms with Gasteiger partial charge in [-0.1, -0.05) is 29.8 Å². The van der Waals surface area contributed by atoms with Crippen molar-refractivity contribution in [3.05, 3.63) is 64.2 Å². The molecule has 0 fully saturated rings. The van der Waals surface area contributed by atoms with Crippen molar-refractivity contribution >= 4 is 23.2 Å². The van der Waals surface area contributed by atoms with Crippen LogP contribution in [-0.2, 0) is 0 Å². The highest BCUT2D eigenvalue weighted by atomic mass is 35.5. The van der Waals surface area contributed by atoms with Gasteiger partial charge in [0.05, 0.1) is 21.8 Å². The van der Waals surface area contributed by atoms with Crippen LogP contribution in [0.25, 0.3) is 0 Å². The average Bonchev–Trinajstić information content (AvgIpc) is 2.39. The monoisotopic (exact) mass is 270 g/mol. The van der Waals surface area contributed by atoms with E-state index in [0.717, 1.165) is 5.56 Å². The van der Waals surface area contributed by atoms with Gasteiger partial charge in [-0.25, -0.2) is 0 Å². The summed E-state index contributed by atoms with van der Waals surface area (Å²) in [4.78, 5) is 12.1. The van der Waals surface area contributed by atoms with Crippen LogP contribution in [0.3, 0.4) is 0 Å². The molecule has 0 aromatic heterocycles. The van der Waals surface area contributed by atoms with E-state index in [1.807, 2.05) is 19.1 Å². The first-order valence-corrected chi connectivity index (χ1v) is 6.06. The molecule has 0 saturated carbocycles. The Hall–Kier alpha value is -2.31. The highest BCUT2D eigenvalue weighted by Gasteiger charge is 2.12. The number of para-hydroxylation sites is 1. The van der Waals surface area contributed by atoms with Gasteiger partial charge in [0.15, 0.2) is 0 Å². The fraction of sp³-hybridized carbons (Fsp3) is 0.0667. The van der Waals surface area contributed by atoms with Crippen molar-refractivity contribution in [1.29, 1.82) is 5.26 Å². The summed E-state index contributed by atoms with van der Waals surface area (Å²) in [6, 6.07) is 14.1. The van der Waals surface area contributed by atoms with Gasteiger partial charge < -0.3 is 5.32 Å². The minimum Gasteiger partial charge on any atom is -0.321 e. The van der Waals surface area contributed by atoms with E-state index in [2.05, 4.69) is 5.32 Å². The van der Waals surface area contributed by atoms with Gasteiger partial charge in [0.25, 0.3) is 5.91 Å². The van der Waals surface area contributed by atoms with Crippen LogP contribution < -0.4 is 5.32 Å². The summed E-state index contributed by atoms with van der Waals surface area (Å²) in [6.07, 6.45) is 0. The molecule has 0 saturated heterocycles. The number of nitriles is 1. The highest BCUT2D eigenvalue weighted by Crippen LogP contribution is 2.20. The second-order valence-electron chi connectivity index (χ2n) is 4.09. The summed E-state index contributed by atoms with van der Waals surface area (Å²) in [5.41, 5.74) is 2.27. The highest BCUT2D eigenvalue weighted by molar-refractivity contribution is 6.34. The van der Waals surface area contributed by atoms with Crippen molar-refractivity contribution in [3.8, 4) is 6.07 Å². The summed E-state index contributed by atoms with van der Waals surface area (Å²) in [7, 11) is 0. The number of nitrogens with zero attached hydrogens (tertiary/aromatic N) is 1. The number of anilines is 1. The number of hydrogen-bond acceptors (Lipinski definition) is 2. The molecule has 3 nitrogen and oxygen atoms in total. The molecule has 19 heavy (non-hydrogen) atoms. The summed E-state index contributed by atoms with van der Waals surface area (Å²) in [6.45, 7) is 1.90. The summed E-state index contributed by atoms with van der Waals surface area (Å²) < 4.78 is 0. The van der Waals surface area contributed by atoms with Gasteiger partial charge >= 0.3 is 0 Å². The number of rotatable bonds is 2. The van der Waals surface area contributed by atoms with Crippen LogP contribution >= 0.6 is 11.6 Å². The van der Waals surface area contributed by atoms with Gasteiger partial charge in [0.2, 0.25) is 0 Å². The molecule has 1 N–H and O–H groups in total. The van der Waals surface area contributed by atoms with E-state index in [-0.39, 0.29) is 5.91 Å². The molecule has 94 valence electrons. The lowest BCUT2D eigenvalue weighted by atomic mass is 10.1. The predicted octanol–water partition coefficient (Wildman–Crippen LogP) is 3.77. The Morgan fingerprint density at radius 1 is 1.26 bits per heavy atom. The second-order valence-corrected chi connectivity index (χ2v) is 4.50. The van der Waals surface area contributed by atoms with E-state index in [9.17, 15) is 4.79 Å². The molecular weight excluding hydrogens is 260 g/mol. The third kappa shape index (κ3) is 2.93. The van der Waals surface area contributed by atoms with Gasteiger partial charge in [-0.15, -0.1) is 0 Å². The maximum absolute atomic E-state index is 12.1. The topological polar surface area (TPSA) is 52.9 Å². The van der Waals surface area contributed by atoms with Crippen LogP contribution in [-0.4, -0.2) is 5.91 Å². The van der Waals surface area contributed by atoms with Crippen molar-refractivity contribution in [3.63, 3.8) is 0 Å². The second kappa shape index (κ2) is 5.55. The van der Waals surface area contributed by atoms with E-state index in [0.29, 0.717) is 21.8 Å². The average molecular weight is 271 g/mol. The smallest absolute Gasteiger partial charge is 0.257 e. The lowest BCUT2D eigenvalue weighted by Gasteiger charge is -2.08. The lowest BCUT2D eigenvalue weighted by molar-refractivity contribution is 0.102. The standard InChI is InChI=1S/C15H11ClN2O/c1-10-6-7-12(13(16)8-10)15(19)18-14-5-3-2-4-11(14)9-17/h2-8H,1H3,(H,18,19). The summed E-state index contributed by atoms with van der Waals surface area (Å²) in [5, 5.41) is 12.1. The van der Waals surface area contributed by atoms with Crippen LogP contribution in [0.1, 0.15) is 21.5 Å². The zero-order valence-electron chi connectivity index (χ0n) is 10.3. The predicted molar refractivity (Wildman–Crippen MR) is 75.3 cm³/mol. The van der Waals surface area contributed by atoms with Gasteiger partial charge in [-0.05, 0) is 36.8 Å². The number of carbonyl (C=O) groups is 1. The number of benzene rings is 2. The first kappa shape index (κ1) is 13.1. The molecule has 2 rings (SSSR count). The minimum atomic E-state index is -0.326. The Morgan fingerprint density at radius 2 is 2.00 bits per heavy atom. The number of carbonyl (C=O) groups excluding carboxylic acids is 1. The fourth-order valence-electron chi connectivity index (χ4n) is 1.68. The van der Waals surface area contributed by atoms with E-state index in [1.165, 1.54) is 0 Å². The van der Waals surface area contributed by atoms with Gasteiger partial charge in [0.1, 0.15) is 6.07 Å². The van der Waals surface area contributed by atoms with Crippen LogP contribution in [0.2, 0.25) is 5.02 Å². The van der Waals surface area contributed by atoms with Gasteiger partial charge in [-0.3, -0.25) is 4.79 Å². The molecule has 0 aliphatic rings. The Balaban J connectivity index is 2.29. The molecule has 0 heterocycles. The Bertz CT molecular complexity index is 674. The SMILES string of the molecule is Cc1ccc(C(=O)Nc2ccccc2C#N)c(Cl)c1. The molecule has 0 aliphatic heterocycles. The van der Waals surface area contributed by atoms with Crippen molar-refractivity contribution < 1.29 is 4.79 Å². The maximum Gasteiger partial charge on any atom is 0.257 e. The van der Waals surface area contributed by atoms with Crippen LogP contribution in [0.5, 0.6) is 0 Å². The maximum atomic E-state index is 12.1. The van der Waals surface area contributed by atoms with Crippen molar-refractivity contribution in [1.82, 2.24) is 0 Å². The minimum absolute atomic E-state index is 0.326. The van der Waals surface area contributed by atoms with E-state index < -0.39 is 0 Å². The Morgan fingerprint density at radius 3 is 2.68 bits per heavy atom. The lowest BCUT2D eigenvalue weighted by Crippen LogP contribution is -2.13. The molecule has 0 spiro atoms. The normalized spacial score (nSPS) is 9.74. The Labute approximate surface area is 116 Å². The zero-order chi connectivity index (χ0) is 13.8. The molecule has 2 aromatic rings. The van der Waals surface area contributed by atoms with Crippen LogP contribution in [0.15, 0.2) is 42.5 Å². The largest absolute Gasteiger partial charge is 0.321 e. The van der Waals surface area contributed by atoms with Crippen molar-refractivity contribution in [2.24, 2.45) is 0 Å². The number of hydrogen-bond donors (Lipinski definition) is 1. The quantitative estimate of drug-likeness (QED) is 0.903. The molecule has 0 radical (unpaired) electrons. The first-order valence-electron chi connectivity index (χ1n) is 5.68. The Kier molecular flexibility index (Phi) is 3.84. The fourth-order valence-corrected chi connectivity index (χ4v) is 2.00. The van der Waals surface area contributed by atoms with Crippen LogP contribution in [0.4, 0.5) is 5.69 Å². The molecule has 1 amide bonds. The summed E-state index contributed by atoms with van der Waals surface area (Å²) >= 11 is 6.04. The summed E-state index contributed by atoms with van der Waals surface area (Å²) in [5.74, 6) is -0.326. The molecule has 4 heteroatoms. The van der Waals surface area contributed by atoms with Crippen molar-refractivity contribution in [2.45, 2.75) is 6.92 Å². The van der Waals surface area contributed by atoms with Crippen LogP contribution in [0, 0.1) is 18.3 Å². The third-order valence-corrected chi connectivity index (χ3v) is 2.98. The zero-order valence-corrected chi connectivity index (χ0v) is 11.0. The molecule has 0 unspecified atom stereocenters. The molecule has 2 aromatic carbocycles. The molecule has 0 aliphatic carbocycles.